The van der Waals surface area contributed by atoms with Crippen molar-refractivity contribution >= 4 is 35.4 Å². The highest BCUT2D eigenvalue weighted by atomic mass is 31.2. The van der Waals surface area contributed by atoms with Gasteiger partial charge in [-0.25, -0.2) is 0 Å². The molecule has 2 aromatic rings. The number of rotatable bonds is 8. The van der Waals surface area contributed by atoms with Gasteiger partial charge in [-0.05, 0) is 12.5 Å². The largest absolute Gasteiger partial charge is 0.397 e. The summed E-state index contributed by atoms with van der Waals surface area (Å²) < 4.78 is 11.8. The Morgan fingerprint density at radius 3 is 2.48 bits per heavy atom. The maximum Gasteiger partial charge on any atom is 0.347 e. The lowest BCUT2D eigenvalue weighted by Gasteiger charge is -2.23. The van der Waals surface area contributed by atoms with Crippen molar-refractivity contribution in [1.82, 2.24) is 0 Å². The highest BCUT2D eigenvalue weighted by molar-refractivity contribution is 7.52. The fraction of sp³-hybridized carbons (Fsp3) is 0.375. The summed E-state index contributed by atoms with van der Waals surface area (Å²) in [6.07, 6.45) is 2.72. The van der Waals surface area contributed by atoms with Gasteiger partial charge in [0.25, 0.3) is 5.69 Å². The van der Waals surface area contributed by atoms with Crippen LogP contribution in [-0.2, 0) is 4.57 Å². The molecule has 2 aromatic carbocycles. The topological polar surface area (TPSA) is 139 Å². The van der Waals surface area contributed by atoms with Crippen LogP contribution in [0.2, 0.25) is 0 Å². The smallest absolute Gasteiger partial charge is 0.347 e. The molecule has 0 saturated heterocycles. The van der Waals surface area contributed by atoms with Crippen molar-refractivity contribution < 1.29 is 19.3 Å². The zero-order chi connectivity index (χ0) is 18.6. The van der Waals surface area contributed by atoms with E-state index in [4.69, 9.17) is 5.73 Å². The van der Waals surface area contributed by atoms with Gasteiger partial charge in [0.15, 0.2) is 0 Å². The van der Waals surface area contributed by atoms with Crippen molar-refractivity contribution in [2.24, 2.45) is 0 Å². The van der Waals surface area contributed by atoms with Gasteiger partial charge in [0, 0.05) is 11.5 Å². The van der Waals surface area contributed by atoms with Crippen LogP contribution in [0.15, 0.2) is 30.3 Å². The Morgan fingerprint density at radius 1 is 1.28 bits per heavy atom. The normalized spacial score (nSPS) is 12.9. The first kappa shape index (κ1) is 19.2. The molecule has 0 aliphatic rings. The predicted molar refractivity (Wildman–Crippen MR) is 98.6 cm³/mol. The van der Waals surface area contributed by atoms with E-state index in [2.05, 4.69) is 5.32 Å². The number of anilines is 2. The van der Waals surface area contributed by atoms with Gasteiger partial charge < -0.3 is 20.8 Å². The monoisotopic (exact) mass is 367 g/mol. The van der Waals surface area contributed by atoms with Gasteiger partial charge in [0.1, 0.15) is 5.78 Å². The standard InChI is InChI=1S/C16H22N3O5P/c1-2-3-4-9-15(25(22,23)24)18-16-12-8-6-5-7-11(12)14(19(20)21)10-13(16)17/h5-8,10,15,18H,2-4,9,17H2,1H3,(H2,22,23,24). The van der Waals surface area contributed by atoms with Crippen LogP contribution in [0.1, 0.15) is 32.6 Å². The first-order valence-electron chi connectivity index (χ1n) is 8.03. The first-order chi connectivity index (χ1) is 11.8. The summed E-state index contributed by atoms with van der Waals surface area (Å²) in [5.41, 5.74) is 6.20. The number of nitro groups is 1. The molecule has 25 heavy (non-hydrogen) atoms. The maximum atomic E-state index is 11.8. The molecule has 0 aliphatic heterocycles. The minimum atomic E-state index is -4.41. The molecule has 1 unspecified atom stereocenters. The Hall–Kier alpha value is -2.15. The third-order valence-corrected chi connectivity index (χ3v) is 5.25. The van der Waals surface area contributed by atoms with Gasteiger partial charge in [-0.3, -0.25) is 14.7 Å². The highest BCUT2D eigenvalue weighted by Gasteiger charge is 2.30. The lowest BCUT2D eigenvalue weighted by atomic mass is 10.0. The van der Waals surface area contributed by atoms with E-state index in [0.29, 0.717) is 22.9 Å². The Bertz CT molecular complexity index is 821. The molecule has 0 aliphatic carbocycles. The van der Waals surface area contributed by atoms with E-state index in [9.17, 15) is 24.5 Å². The number of nitrogen functional groups attached to an aromatic ring is 1. The minimum Gasteiger partial charge on any atom is -0.397 e. The number of hydrogen-bond donors (Lipinski definition) is 4. The second-order valence-electron chi connectivity index (χ2n) is 5.91. The van der Waals surface area contributed by atoms with Crippen LogP contribution in [0.5, 0.6) is 0 Å². The van der Waals surface area contributed by atoms with Crippen LogP contribution < -0.4 is 11.1 Å². The van der Waals surface area contributed by atoms with Crippen molar-refractivity contribution in [3.63, 3.8) is 0 Å². The molecule has 0 amide bonds. The molecule has 0 aromatic heterocycles. The van der Waals surface area contributed by atoms with Gasteiger partial charge in [-0.15, -0.1) is 0 Å². The molecule has 136 valence electrons. The zero-order valence-electron chi connectivity index (χ0n) is 13.9. The Kier molecular flexibility index (Phi) is 6.00. The van der Waals surface area contributed by atoms with Crippen LogP contribution in [0.4, 0.5) is 17.1 Å². The number of benzene rings is 2. The van der Waals surface area contributed by atoms with E-state index in [0.717, 1.165) is 12.8 Å². The number of nitro benzene ring substituents is 1. The summed E-state index contributed by atoms with van der Waals surface area (Å²) in [5, 5.41) is 14.9. The van der Waals surface area contributed by atoms with Gasteiger partial charge >= 0.3 is 7.60 Å². The van der Waals surface area contributed by atoms with E-state index in [1.165, 1.54) is 6.07 Å². The van der Waals surface area contributed by atoms with Crippen LogP contribution in [-0.4, -0.2) is 20.5 Å². The summed E-state index contributed by atoms with van der Waals surface area (Å²) in [5.74, 6) is -1.09. The molecular weight excluding hydrogens is 345 g/mol. The second-order valence-corrected chi connectivity index (χ2v) is 7.71. The number of unbranched alkanes of at least 4 members (excludes halogenated alkanes) is 2. The van der Waals surface area contributed by atoms with Crippen LogP contribution in [0, 0.1) is 10.1 Å². The number of nitrogens with one attached hydrogen (secondary N) is 1. The number of nitrogens with two attached hydrogens (primary N) is 1. The van der Waals surface area contributed by atoms with Crippen molar-refractivity contribution in [2.75, 3.05) is 11.1 Å². The first-order valence-corrected chi connectivity index (χ1v) is 9.71. The third kappa shape index (κ3) is 4.48. The van der Waals surface area contributed by atoms with E-state index >= 15 is 0 Å². The van der Waals surface area contributed by atoms with E-state index in [-0.39, 0.29) is 17.8 Å². The lowest BCUT2D eigenvalue weighted by Crippen LogP contribution is -2.20. The third-order valence-electron chi connectivity index (χ3n) is 4.05. The molecule has 0 fully saturated rings. The highest BCUT2D eigenvalue weighted by Crippen LogP contribution is 2.46. The number of nitrogens with zero attached hydrogens (tertiary/aromatic N) is 1. The molecule has 5 N–H and O–H groups in total. The van der Waals surface area contributed by atoms with Gasteiger partial charge in [-0.1, -0.05) is 44.4 Å². The average molecular weight is 367 g/mol. The Morgan fingerprint density at radius 2 is 1.92 bits per heavy atom. The zero-order valence-corrected chi connectivity index (χ0v) is 14.8. The second kappa shape index (κ2) is 7.82. The molecule has 0 heterocycles. The van der Waals surface area contributed by atoms with E-state index in [1.807, 2.05) is 6.92 Å². The van der Waals surface area contributed by atoms with Crippen molar-refractivity contribution in [3.8, 4) is 0 Å². The van der Waals surface area contributed by atoms with Gasteiger partial charge in [0.05, 0.1) is 21.7 Å². The Labute approximate surface area is 145 Å². The fourth-order valence-corrected chi connectivity index (χ4v) is 3.58. The quantitative estimate of drug-likeness (QED) is 0.183. The molecule has 0 radical (unpaired) electrons. The summed E-state index contributed by atoms with van der Waals surface area (Å²) in [7, 11) is -4.41. The van der Waals surface area contributed by atoms with Crippen molar-refractivity contribution in [1.29, 1.82) is 0 Å². The lowest BCUT2D eigenvalue weighted by molar-refractivity contribution is -0.383. The SMILES string of the molecule is CCCCCC(Nc1c(N)cc([N+](=O)[O-])c2ccccc12)P(=O)(O)O. The molecular formula is C16H22N3O5P. The molecule has 0 saturated carbocycles. The van der Waals surface area contributed by atoms with Crippen LogP contribution in [0.3, 0.4) is 0 Å². The van der Waals surface area contributed by atoms with Crippen LogP contribution in [0.25, 0.3) is 10.8 Å². The van der Waals surface area contributed by atoms with Gasteiger partial charge in [0.2, 0.25) is 0 Å². The van der Waals surface area contributed by atoms with Crippen molar-refractivity contribution in [3.05, 3.63) is 40.4 Å². The molecule has 8 nitrogen and oxygen atoms in total. The van der Waals surface area contributed by atoms with Crippen LogP contribution >= 0.6 is 7.60 Å². The summed E-state index contributed by atoms with van der Waals surface area (Å²) in [4.78, 5) is 30.0. The molecule has 0 bridgehead atoms. The summed E-state index contributed by atoms with van der Waals surface area (Å²) in [6.45, 7) is 2.00. The van der Waals surface area contributed by atoms with E-state index < -0.39 is 18.3 Å². The molecule has 9 heteroatoms. The number of fused-ring (bicyclic) bond motifs is 1. The summed E-state index contributed by atoms with van der Waals surface area (Å²) in [6, 6.07) is 7.80. The number of hydrogen-bond acceptors (Lipinski definition) is 5. The van der Waals surface area contributed by atoms with Crippen molar-refractivity contribution in [2.45, 2.75) is 38.4 Å². The van der Waals surface area contributed by atoms with E-state index in [1.54, 1.807) is 24.3 Å². The molecule has 2 rings (SSSR count). The predicted octanol–water partition coefficient (Wildman–Crippen LogP) is 3.83. The maximum absolute atomic E-state index is 11.8. The molecule has 1 atom stereocenters. The van der Waals surface area contributed by atoms with Gasteiger partial charge in [-0.2, -0.15) is 0 Å². The summed E-state index contributed by atoms with van der Waals surface area (Å²) >= 11 is 0. The fourth-order valence-electron chi connectivity index (χ4n) is 2.77. The molecule has 0 spiro atoms. The number of non-ortho nitro benzene ring substituents is 1. The Balaban J connectivity index is 2.49. The average Bonchev–Trinajstić information content (AvgIpc) is 2.54. The minimum absolute atomic E-state index is 0.0827.